The fourth-order valence-electron chi connectivity index (χ4n) is 2.42. The summed E-state index contributed by atoms with van der Waals surface area (Å²) < 4.78 is 5.96. The first-order valence-electron chi connectivity index (χ1n) is 6.85. The lowest BCUT2D eigenvalue weighted by atomic mass is 9.82. The maximum Gasteiger partial charge on any atom is 0.142 e. The summed E-state index contributed by atoms with van der Waals surface area (Å²) in [4.78, 5) is 0. The van der Waals surface area contributed by atoms with E-state index in [-0.39, 0.29) is 17.1 Å². The molecule has 2 rings (SSSR count). The Kier molecular flexibility index (Phi) is 3.61. The van der Waals surface area contributed by atoms with E-state index >= 15 is 0 Å². The van der Waals surface area contributed by atoms with Crippen LogP contribution in [0.4, 0.5) is 0 Å². The van der Waals surface area contributed by atoms with Crippen LogP contribution in [0.2, 0.25) is 5.02 Å². The van der Waals surface area contributed by atoms with Gasteiger partial charge in [0.15, 0.2) is 0 Å². The van der Waals surface area contributed by atoms with Gasteiger partial charge in [-0.2, -0.15) is 0 Å². The van der Waals surface area contributed by atoms with Crippen LogP contribution < -0.4 is 10.5 Å². The van der Waals surface area contributed by atoms with Crippen molar-refractivity contribution in [3.8, 4) is 5.75 Å². The highest BCUT2D eigenvalue weighted by atomic mass is 35.5. The van der Waals surface area contributed by atoms with Crippen molar-refractivity contribution in [3.05, 3.63) is 28.3 Å². The van der Waals surface area contributed by atoms with Crippen molar-refractivity contribution in [3.63, 3.8) is 0 Å². The maximum absolute atomic E-state index is 6.31. The zero-order valence-electron chi connectivity index (χ0n) is 12.5. The number of rotatable bonds is 2. The summed E-state index contributed by atoms with van der Waals surface area (Å²) in [6.07, 6.45) is 1.76. The standard InChI is InChI=1S/C16H24ClNO/c1-15(2,3)13(18)8-10-6-7-12(17)14-11(10)9-16(4,5)19-14/h6-7,13H,8-9,18H2,1-5H3. The monoisotopic (exact) mass is 281 g/mol. The van der Waals surface area contributed by atoms with Crippen LogP contribution in [0.5, 0.6) is 5.75 Å². The van der Waals surface area contributed by atoms with Gasteiger partial charge >= 0.3 is 0 Å². The molecule has 1 aliphatic rings. The van der Waals surface area contributed by atoms with Gasteiger partial charge in [-0.05, 0) is 37.3 Å². The van der Waals surface area contributed by atoms with E-state index < -0.39 is 0 Å². The van der Waals surface area contributed by atoms with Crippen molar-refractivity contribution in [1.82, 2.24) is 0 Å². The van der Waals surface area contributed by atoms with Gasteiger partial charge in [0.1, 0.15) is 11.4 Å². The molecular formula is C16H24ClNO. The predicted octanol–water partition coefficient (Wildman–Crippen LogP) is 3.97. The Morgan fingerprint density at radius 3 is 2.58 bits per heavy atom. The lowest BCUT2D eigenvalue weighted by Gasteiger charge is -2.27. The molecule has 0 saturated carbocycles. The fourth-order valence-corrected chi connectivity index (χ4v) is 2.63. The van der Waals surface area contributed by atoms with Crippen LogP contribution in [-0.4, -0.2) is 11.6 Å². The second-order valence-corrected chi connectivity index (χ2v) is 7.64. The quantitative estimate of drug-likeness (QED) is 0.890. The normalized spacial score (nSPS) is 18.9. The summed E-state index contributed by atoms with van der Waals surface area (Å²) in [5.41, 5.74) is 8.74. The molecule has 106 valence electrons. The largest absolute Gasteiger partial charge is 0.486 e. The van der Waals surface area contributed by atoms with Crippen molar-refractivity contribution in [2.24, 2.45) is 11.1 Å². The van der Waals surface area contributed by atoms with Crippen molar-refractivity contribution in [2.45, 2.75) is 59.1 Å². The first-order chi connectivity index (χ1) is 8.60. The molecule has 1 atom stereocenters. The third-order valence-corrected chi connectivity index (χ3v) is 4.14. The molecule has 0 bridgehead atoms. The lowest BCUT2D eigenvalue weighted by molar-refractivity contribution is 0.138. The van der Waals surface area contributed by atoms with E-state index in [0.717, 1.165) is 18.6 Å². The minimum absolute atomic E-state index is 0.0987. The molecule has 0 amide bonds. The molecule has 19 heavy (non-hydrogen) atoms. The molecule has 1 aromatic carbocycles. The SMILES string of the molecule is CC1(C)Cc2c(CC(N)C(C)(C)C)ccc(Cl)c2O1. The summed E-state index contributed by atoms with van der Waals surface area (Å²) in [5, 5.41) is 0.702. The van der Waals surface area contributed by atoms with E-state index in [1.807, 2.05) is 6.07 Å². The average Bonchev–Trinajstić information content (AvgIpc) is 2.57. The molecule has 0 fully saturated rings. The van der Waals surface area contributed by atoms with Gasteiger partial charge < -0.3 is 10.5 Å². The molecule has 1 heterocycles. The predicted molar refractivity (Wildman–Crippen MR) is 81.0 cm³/mol. The maximum atomic E-state index is 6.31. The van der Waals surface area contributed by atoms with Gasteiger partial charge in [0.05, 0.1) is 5.02 Å². The van der Waals surface area contributed by atoms with Crippen molar-refractivity contribution < 1.29 is 4.74 Å². The van der Waals surface area contributed by atoms with E-state index in [0.29, 0.717) is 5.02 Å². The minimum Gasteiger partial charge on any atom is -0.486 e. The van der Waals surface area contributed by atoms with E-state index in [1.165, 1.54) is 11.1 Å². The Labute approximate surface area is 121 Å². The molecule has 0 aliphatic carbocycles. The average molecular weight is 282 g/mol. The second kappa shape index (κ2) is 4.68. The van der Waals surface area contributed by atoms with E-state index in [4.69, 9.17) is 22.1 Å². The van der Waals surface area contributed by atoms with Crippen LogP contribution in [0.25, 0.3) is 0 Å². The highest BCUT2D eigenvalue weighted by Gasteiger charge is 2.34. The van der Waals surface area contributed by atoms with Gasteiger partial charge in [-0.1, -0.05) is 38.4 Å². The van der Waals surface area contributed by atoms with Gasteiger partial charge in [-0.15, -0.1) is 0 Å². The fraction of sp³-hybridized carbons (Fsp3) is 0.625. The summed E-state index contributed by atoms with van der Waals surface area (Å²) in [7, 11) is 0. The first-order valence-corrected chi connectivity index (χ1v) is 7.23. The Hall–Kier alpha value is -0.730. The molecule has 0 radical (unpaired) electrons. The van der Waals surface area contributed by atoms with Crippen LogP contribution in [0.3, 0.4) is 0 Å². The van der Waals surface area contributed by atoms with Crippen LogP contribution in [-0.2, 0) is 12.8 Å². The van der Waals surface area contributed by atoms with Crippen molar-refractivity contribution >= 4 is 11.6 Å². The van der Waals surface area contributed by atoms with Crippen LogP contribution in [0.1, 0.15) is 45.7 Å². The van der Waals surface area contributed by atoms with E-state index in [9.17, 15) is 0 Å². The number of hydrogen-bond acceptors (Lipinski definition) is 2. The number of ether oxygens (including phenoxy) is 1. The molecule has 2 nitrogen and oxygen atoms in total. The minimum atomic E-state index is -0.173. The van der Waals surface area contributed by atoms with Crippen LogP contribution in [0, 0.1) is 5.41 Å². The third kappa shape index (κ3) is 3.06. The first kappa shape index (κ1) is 14.7. The summed E-state index contributed by atoms with van der Waals surface area (Å²) in [6, 6.07) is 4.14. The summed E-state index contributed by atoms with van der Waals surface area (Å²) in [6.45, 7) is 10.7. The Bertz CT molecular complexity index is 488. The Morgan fingerprint density at radius 1 is 1.37 bits per heavy atom. The number of fused-ring (bicyclic) bond motifs is 1. The number of nitrogens with two attached hydrogens (primary N) is 1. The molecule has 2 N–H and O–H groups in total. The van der Waals surface area contributed by atoms with Gasteiger partial charge in [-0.3, -0.25) is 0 Å². The third-order valence-electron chi connectivity index (χ3n) is 3.84. The summed E-state index contributed by atoms with van der Waals surface area (Å²) >= 11 is 6.24. The molecule has 0 saturated heterocycles. The van der Waals surface area contributed by atoms with E-state index in [1.54, 1.807) is 0 Å². The zero-order chi connectivity index (χ0) is 14.4. The number of benzene rings is 1. The van der Waals surface area contributed by atoms with Gasteiger partial charge in [0, 0.05) is 18.0 Å². The van der Waals surface area contributed by atoms with Crippen molar-refractivity contribution in [1.29, 1.82) is 0 Å². The molecular weight excluding hydrogens is 258 g/mol. The zero-order valence-corrected chi connectivity index (χ0v) is 13.3. The molecule has 1 aliphatic heterocycles. The highest BCUT2D eigenvalue weighted by Crippen LogP contribution is 2.42. The van der Waals surface area contributed by atoms with Crippen LogP contribution >= 0.6 is 11.6 Å². The summed E-state index contributed by atoms with van der Waals surface area (Å²) in [5.74, 6) is 0.852. The van der Waals surface area contributed by atoms with Crippen molar-refractivity contribution in [2.75, 3.05) is 0 Å². The molecule has 0 aromatic heterocycles. The number of hydrogen-bond donors (Lipinski definition) is 1. The molecule has 3 heteroatoms. The topological polar surface area (TPSA) is 35.2 Å². The smallest absolute Gasteiger partial charge is 0.142 e. The van der Waals surface area contributed by atoms with Gasteiger partial charge in [0.25, 0.3) is 0 Å². The van der Waals surface area contributed by atoms with Crippen LogP contribution in [0.15, 0.2) is 12.1 Å². The molecule has 0 spiro atoms. The Balaban J connectivity index is 2.33. The molecule has 1 unspecified atom stereocenters. The number of halogens is 1. The van der Waals surface area contributed by atoms with Gasteiger partial charge in [-0.25, -0.2) is 0 Å². The molecule has 1 aromatic rings. The van der Waals surface area contributed by atoms with E-state index in [2.05, 4.69) is 40.7 Å². The van der Waals surface area contributed by atoms with Gasteiger partial charge in [0.2, 0.25) is 0 Å². The Morgan fingerprint density at radius 2 is 2.00 bits per heavy atom. The lowest BCUT2D eigenvalue weighted by Crippen LogP contribution is -2.37. The highest BCUT2D eigenvalue weighted by molar-refractivity contribution is 6.32. The second-order valence-electron chi connectivity index (χ2n) is 7.23.